The third kappa shape index (κ3) is 3.19. The molecule has 1 heterocycles. The molecule has 0 N–H and O–H groups in total. The first-order chi connectivity index (χ1) is 7.56. The number of hydrogen-bond acceptors (Lipinski definition) is 4. The Labute approximate surface area is 112 Å². The highest BCUT2D eigenvalue weighted by Gasteiger charge is 2.33. The van der Waals surface area contributed by atoms with Crippen LogP contribution in [0.2, 0.25) is 4.47 Å². The summed E-state index contributed by atoms with van der Waals surface area (Å²) in [6, 6.07) is -0.117. The van der Waals surface area contributed by atoms with E-state index in [0.29, 0.717) is 0 Å². The zero-order valence-corrected chi connectivity index (χ0v) is 12.9. The Kier molecular flexibility index (Phi) is 4.24. The molecule has 0 saturated heterocycles. The number of thiazole rings is 1. The zero-order chi connectivity index (χ0) is 13.4. The Morgan fingerprint density at radius 1 is 1.47 bits per heavy atom. The van der Waals surface area contributed by atoms with Crippen LogP contribution in [0.15, 0.2) is 10.4 Å². The highest BCUT2D eigenvalue weighted by Crippen LogP contribution is 2.30. The average molecular weight is 297 g/mol. The lowest BCUT2D eigenvalue weighted by Crippen LogP contribution is -2.42. The van der Waals surface area contributed by atoms with Gasteiger partial charge in [-0.05, 0) is 12.3 Å². The summed E-state index contributed by atoms with van der Waals surface area (Å²) < 4.78 is 26.3. The highest BCUT2D eigenvalue weighted by molar-refractivity contribution is 7.91. The van der Waals surface area contributed by atoms with E-state index in [2.05, 4.69) is 4.98 Å². The second-order valence-electron chi connectivity index (χ2n) is 5.00. The van der Waals surface area contributed by atoms with Crippen LogP contribution in [-0.2, 0) is 10.0 Å². The number of sulfonamides is 1. The van der Waals surface area contributed by atoms with Crippen LogP contribution in [0.4, 0.5) is 0 Å². The second kappa shape index (κ2) is 4.84. The zero-order valence-electron chi connectivity index (χ0n) is 10.6. The van der Waals surface area contributed by atoms with Crippen LogP contribution in [0, 0.1) is 5.41 Å². The summed E-state index contributed by atoms with van der Waals surface area (Å²) in [5.74, 6) is 0. The van der Waals surface area contributed by atoms with Crippen molar-refractivity contribution in [3.8, 4) is 0 Å². The summed E-state index contributed by atoms with van der Waals surface area (Å²) in [6.45, 7) is 7.90. The van der Waals surface area contributed by atoms with Gasteiger partial charge in [-0.1, -0.05) is 43.7 Å². The van der Waals surface area contributed by atoms with Crippen LogP contribution in [0.3, 0.4) is 0 Å². The van der Waals surface area contributed by atoms with Crippen molar-refractivity contribution in [3.05, 3.63) is 10.7 Å². The molecule has 0 amide bonds. The molecule has 4 nitrogen and oxygen atoms in total. The first-order valence-electron chi connectivity index (χ1n) is 5.16. The Morgan fingerprint density at radius 3 is 2.35 bits per heavy atom. The van der Waals surface area contributed by atoms with Crippen molar-refractivity contribution in [3.63, 3.8) is 0 Å². The molecule has 0 aromatic carbocycles. The molecule has 1 atom stereocenters. The molecular formula is C10H17ClN2O2S2. The van der Waals surface area contributed by atoms with Crippen LogP contribution < -0.4 is 0 Å². The Balaban J connectivity index is 3.08. The third-order valence-electron chi connectivity index (χ3n) is 2.89. The first-order valence-corrected chi connectivity index (χ1v) is 7.79. The van der Waals surface area contributed by atoms with Crippen molar-refractivity contribution in [1.29, 1.82) is 0 Å². The smallest absolute Gasteiger partial charge is 0.232 e. The summed E-state index contributed by atoms with van der Waals surface area (Å²) in [5.41, 5.74) is -0.129. The van der Waals surface area contributed by atoms with Crippen LogP contribution in [0.1, 0.15) is 27.7 Å². The fourth-order valence-corrected chi connectivity index (χ4v) is 4.28. The van der Waals surface area contributed by atoms with Gasteiger partial charge in [0, 0.05) is 13.1 Å². The van der Waals surface area contributed by atoms with Crippen LogP contribution in [-0.4, -0.2) is 30.8 Å². The van der Waals surface area contributed by atoms with E-state index in [1.54, 1.807) is 7.05 Å². The van der Waals surface area contributed by atoms with Crippen molar-refractivity contribution in [2.24, 2.45) is 5.41 Å². The normalized spacial score (nSPS) is 15.2. The summed E-state index contributed by atoms with van der Waals surface area (Å²) in [4.78, 5) is 3.76. The topological polar surface area (TPSA) is 50.3 Å². The molecule has 98 valence electrons. The summed E-state index contributed by atoms with van der Waals surface area (Å²) >= 11 is 6.64. The standard InChI is InChI=1S/C10H17ClN2O2S2/c1-7(10(2,3)4)13(5)17(14,15)8-6-12-9(11)16-8/h6-7H,1-5H3. The predicted octanol–water partition coefficient (Wildman–Crippen LogP) is 2.85. The van der Waals surface area contributed by atoms with Crippen LogP contribution in [0.5, 0.6) is 0 Å². The maximum atomic E-state index is 12.3. The van der Waals surface area contributed by atoms with E-state index in [0.717, 1.165) is 11.3 Å². The van der Waals surface area contributed by atoms with Crippen LogP contribution >= 0.6 is 22.9 Å². The summed E-state index contributed by atoms with van der Waals surface area (Å²) in [7, 11) is -1.91. The molecule has 0 bridgehead atoms. The Bertz CT molecular complexity index is 491. The molecule has 17 heavy (non-hydrogen) atoms. The molecular weight excluding hydrogens is 280 g/mol. The molecule has 0 aliphatic carbocycles. The van der Waals surface area contributed by atoms with Crippen molar-refractivity contribution < 1.29 is 8.42 Å². The van der Waals surface area contributed by atoms with Gasteiger partial charge in [-0.3, -0.25) is 0 Å². The fraction of sp³-hybridized carbons (Fsp3) is 0.700. The van der Waals surface area contributed by atoms with E-state index in [-0.39, 0.29) is 20.1 Å². The number of aromatic nitrogens is 1. The van der Waals surface area contributed by atoms with E-state index in [1.165, 1.54) is 10.5 Å². The number of nitrogens with zero attached hydrogens (tertiary/aromatic N) is 2. The molecule has 1 unspecified atom stereocenters. The molecule has 1 aromatic heterocycles. The van der Waals surface area contributed by atoms with E-state index in [1.807, 2.05) is 27.7 Å². The quantitative estimate of drug-likeness (QED) is 0.862. The van der Waals surface area contributed by atoms with Crippen molar-refractivity contribution in [1.82, 2.24) is 9.29 Å². The Hall–Kier alpha value is -0.170. The molecule has 0 aliphatic heterocycles. The van der Waals surface area contributed by atoms with Gasteiger partial charge in [0.25, 0.3) is 10.0 Å². The predicted molar refractivity (Wildman–Crippen MR) is 71.0 cm³/mol. The van der Waals surface area contributed by atoms with Crippen molar-refractivity contribution in [2.75, 3.05) is 7.05 Å². The second-order valence-corrected chi connectivity index (χ2v) is 8.83. The lowest BCUT2D eigenvalue weighted by Gasteiger charge is -2.34. The summed E-state index contributed by atoms with van der Waals surface area (Å²) in [6.07, 6.45) is 1.30. The Morgan fingerprint density at radius 2 is 2.00 bits per heavy atom. The van der Waals surface area contributed by atoms with Gasteiger partial charge >= 0.3 is 0 Å². The molecule has 0 radical (unpaired) electrons. The average Bonchev–Trinajstić information content (AvgIpc) is 2.61. The van der Waals surface area contributed by atoms with Gasteiger partial charge in [0.15, 0.2) is 8.68 Å². The van der Waals surface area contributed by atoms with Gasteiger partial charge in [0.1, 0.15) is 0 Å². The van der Waals surface area contributed by atoms with Gasteiger partial charge in [-0.15, -0.1) is 0 Å². The molecule has 0 aliphatic rings. The maximum Gasteiger partial charge on any atom is 0.254 e. The molecule has 1 rings (SSSR count). The highest BCUT2D eigenvalue weighted by atomic mass is 35.5. The number of hydrogen-bond donors (Lipinski definition) is 0. The van der Waals surface area contributed by atoms with Gasteiger partial charge in [0.05, 0.1) is 6.20 Å². The van der Waals surface area contributed by atoms with E-state index < -0.39 is 10.0 Å². The molecule has 0 saturated carbocycles. The minimum Gasteiger partial charge on any atom is -0.232 e. The monoisotopic (exact) mass is 296 g/mol. The lowest BCUT2D eigenvalue weighted by molar-refractivity contribution is 0.217. The van der Waals surface area contributed by atoms with E-state index >= 15 is 0 Å². The minimum atomic E-state index is -3.50. The van der Waals surface area contributed by atoms with Crippen LogP contribution in [0.25, 0.3) is 0 Å². The minimum absolute atomic E-state index is 0.117. The third-order valence-corrected chi connectivity index (χ3v) is 6.37. The maximum absolute atomic E-state index is 12.3. The lowest BCUT2D eigenvalue weighted by atomic mass is 9.88. The largest absolute Gasteiger partial charge is 0.254 e. The van der Waals surface area contributed by atoms with E-state index in [9.17, 15) is 8.42 Å². The van der Waals surface area contributed by atoms with Crippen molar-refractivity contribution in [2.45, 2.75) is 37.9 Å². The van der Waals surface area contributed by atoms with Gasteiger partial charge in [0.2, 0.25) is 0 Å². The molecule has 0 fully saturated rings. The van der Waals surface area contributed by atoms with Gasteiger partial charge < -0.3 is 0 Å². The number of halogens is 1. The number of rotatable bonds is 3. The molecule has 0 spiro atoms. The SMILES string of the molecule is CC(N(C)S(=O)(=O)c1cnc(Cl)s1)C(C)(C)C. The van der Waals surface area contributed by atoms with E-state index in [4.69, 9.17) is 11.6 Å². The summed E-state index contributed by atoms with van der Waals surface area (Å²) in [5, 5.41) is 0. The van der Waals surface area contributed by atoms with Gasteiger partial charge in [-0.25, -0.2) is 13.4 Å². The fourth-order valence-electron chi connectivity index (χ4n) is 1.25. The van der Waals surface area contributed by atoms with Crippen molar-refractivity contribution >= 4 is 33.0 Å². The molecule has 1 aromatic rings. The first kappa shape index (κ1) is 14.9. The van der Waals surface area contributed by atoms with Gasteiger partial charge in [-0.2, -0.15) is 4.31 Å². The molecule has 7 heteroatoms.